The van der Waals surface area contributed by atoms with Gasteiger partial charge in [-0.3, -0.25) is 0 Å². The zero-order valence-corrected chi connectivity index (χ0v) is 12.2. The monoisotopic (exact) mass is 290 g/mol. The topological polar surface area (TPSA) is 16.1 Å². The summed E-state index contributed by atoms with van der Waals surface area (Å²) < 4.78 is 0. The van der Waals surface area contributed by atoms with Crippen LogP contribution in [0.25, 0.3) is 0 Å². The van der Waals surface area contributed by atoms with E-state index in [-0.39, 0.29) is 0 Å². The smallest absolute Gasteiger partial charge is 0.128 e. The van der Waals surface area contributed by atoms with Crippen LogP contribution >= 0.6 is 35.0 Å². The van der Waals surface area contributed by atoms with E-state index in [0.717, 1.165) is 24.5 Å². The minimum absolute atomic E-state index is 0.439. The lowest BCUT2D eigenvalue weighted by molar-refractivity contribution is 0.720. The summed E-state index contributed by atoms with van der Waals surface area (Å²) in [6.07, 6.45) is 2.91. The SMILES string of the molecule is CCC1CN(c2cc(CCl)c(Cl)cn2)CCS1. The minimum Gasteiger partial charge on any atom is -0.355 e. The van der Waals surface area contributed by atoms with Gasteiger partial charge < -0.3 is 4.90 Å². The molecule has 94 valence electrons. The van der Waals surface area contributed by atoms with Crippen molar-refractivity contribution < 1.29 is 0 Å². The molecule has 2 heterocycles. The molecule has 0 bridgehead atoms. The van der Waals surface area contributed by atoms with E-state index in [1.807, 2.05) is 6.07 Å². The molecule has 0 aromatic carbocycles. The standard InChI is InChI=1S/C12H16Cl2N2S/c1-2-10-8-16(3-4-17-10)12-5-9(6-13)11(14)7-15-12/h5,7,10H,2-4,6,8H2,1H3. The normalized spacial score (nSPS) is 20.6. The van der Waals surface area contributed by atoms with E-state index in [0.29, 0.717) is 16.2 Å². The highest BCUT2D eigenvalue weighted by atomic mass is 35.5. The lowest BCUT2D eigenvalue weighted by Gasteiger charge is -2.33. The van der Waals surface area contributed by atoms with E-state index in [1.165, 1.54) is 12.2 Å². The Morgan fingerprint density at radius 2 is 2.41 bits per heavy atom. The zero-order chi connectivity index (χ0) is 12.3. The summed E-state index contributed by atoms with van der Waals surface area (Å²) in [6.45, 7) is 4.36. The van der Waals surface area contributed by atoms with Crippen LogP contribution in [0, 0.1) is 0 Å². The van der Waals surface area contributed by atoms with Crippen molar-refractivity contribution in [2.24, 2.45) is 0 Å². The van der Waals surface area contributed by atoms with Gasteiger partial charge >= 0.3 is 0 Å². The number of anilines is 1. The first-order valence-electron chi connectivity index (χ1n) is 5.81. The molecule has 0 aliphatic carbocycles. The molecule has 17 heavy (non-hydrogen) atoms. The predicted molar refractivity (Wildman–Crippen MR) is 77.6 cm³/mol. The Labute approximate surface area is 117 Å². The third-order valence-electron chi connectivity index (χ3n) is 2.98. The predicted octanol–water partition coefficient (Wildman–Crippen LogP) is 3.81. The van der Waals surface area contributed by atoms with Gasteiger partial charge in [0.2, 0.25) is 0 Å². The molecule has 2 rings (SSSR count). The molecule has 1 saturated heterocycles. The molecule has 1 aromatic heterocycles. The maximum absolute atomic E-state index is 6.02. The van der Waals surface area contributed by atoms with E-state index in [1.54, 1.807) is 6.20 Å². The summed E-state index contributed by atoms with van der Waals surface area (Å²) in [5.74, 6) is 2.61. The van der Waals surface area contributed by atoms with Gasteiger partial charge in [-0.1, -0.05) is 18.5 Å². The van der Waals surface area contributed by atoms with E-state index >= 15 is 0 Å². The summed E-state index contributed by atoms with van der Waals surface area (Å²) in [5, 5.41) is 1.36. The fourth-order valence-corrected chi connectivity index (χ4v) is 3.56. The maximum Gasteiger partial charge on any atom is 0.128 e. The van der Waals surface area contributed by atoms with Crippen molar-refractivity contribution in [1.29, 1.82) is 0 Å². The van der Waals surface area contributed by atoms with Gasteiger partial charge in [-0.05, 0) is 18.1 Å². The fourth-order valence-electron chi connectivity index (χ4n) is 1.92. The van der Waals surface area contributed by atoms with E-state index in [4.69, 9.17) is 23.2 Å². The molecular weight excluding hydrogens is 275 g/mol. The lowest BCUT2D eigenvalue weighted by Crippen LogP contribution is -2.38. The molecule has 5 heteroatoms. The maximum atomic E-state index is 6.02. The summed E-state index contributed by atoms with van der Waals surface area (Å²) in [4.78, 5) is 6.74. The van der Waals surface area contributed by atoms with Crippen molar-refractivity contribution in [2.45, 2.75) is 24.5 Å². The highest BCUT2D eigenvalue weighted by molar-refractivity contribution is 8.00. The van der Waals surface area contributed by atoms with E-state index in [9.17, 15) is 0 Å². The molecule has 1 aliphatic heterocycles. The molecule has 1 aliphatic rings. The second-order valence-electron chi connectivity index (χ2n) is 4.11. The van der Waals surface area contributed by atoms with Crippen molar-refractivity contribution in [3.63, 3.8) is 0 Å². The van der Waals surface area contributed by atoms with Crippen LogP contribution in [-0.2, 0) is 5.88 Å². The third-order valence-corrected chi connectivity index (χ3v) is 4.98. The highest BCUT2D eigenvalue weighted by Crippen LogP contribution is 2.27. The van der Waals surface area contributed by atoms with Crippen molar-refractivity contribution >= 4 is 40.8 Å². The van der Waals surface area contributed by atoms with Crippen LogP contribution in [0.5, 0.6) is 0 Å². The van der Waals surface area contributed by atoms with Crippen LogP contribution in [0.15, 0.2) is 12.3 Å². The van der Waals surface area contributed by atoms with Crippen LogP contribution in [0.4, 0.5) is 5.82 Å². The average molecular weight is 291 g/mol. The van der Waals surface area contributed by atoms with Crippen molar-refractivity contribution in [3.8, 4) is 0 Å². The van der Waals surface area contributed by atoms with Gasteiger partial charge in [0.05, 0.1) is 5.02 Å². The molecule has 0 spiro atoms. The first-order chi connectivity index (χ1) is 8.24. The summed E-state index contributed by atoms with van der Waals surface area (Å²) in [6, 6.07) is 2.01. The largest absolute Gasteiger partial charge is 0.355 e. The zero-order valence-electron chi connectivity index (χ0n) is 9.83. The first kappa shape index (κ1) is 13.3. The molecule has 0 N–H and O–H groups in total. The number of hydrogen-bond donors (Lipinski definition) is 0. The van der Waals surface area contributed by atoms with Crippen LogP contribution in [-0.4, -0.2) is 29.1 Å². The van der Waals surface area contributed by atoms with Crippen molar-refractivity contribution in [1.82, 2.24) is 4.98 Å². The number of nitrogens with zero attached hydrogens (tertiary/aromatic N) is 2. The highest BCUT2D eigenvalue weighted by Gasteiger charge is 2.20. The first-order valence-corrected chi connectivity index (χ1v) is 7.77. The Kier molecular flexibility index (Phi) is 4.83. The Morgan fingerprint density at radius 1 is 1.59 bits per heavy atom. The number of hydrogen-bond acceptors (Lipinski definition) is 3. The quantitative estimate of drug-likeness (QED) is 0.788. The number of rotatable bonds is 3. The van der Waals surface area contributed by atoms with Gasteiger partial charge in [-0.25, -0.2) is 4.98 Å². The van der Waals surface area contributed by atoms with Crippen molar-refractivity contribution in [3.05, 3.63) is 22.8 Å². The van der Waals surface area contributed by atoms with Gasteiger partial charge in [-0.15, -0.1) is 11.6 Å². The van der Waals surface area contributed by atoms with Gasteiger partial charge in [0.25, 0.3) is 0 Å². The van der Waals surface area contributed by atoms with E-state index < -0.39 is 0 Å². The van der Waals surface area contributed by atoms with Crippen LogP contribution in [0.2, 0.25) is 5.02 Å². The number of halogens is 2. The molecule has 1 unspecified atom stereocenters. The van der Waals surface area contributed by atoms with Crippen LogP contribution in [0.1, 0.15) is 18.9 Å². The number of thioether (sulfide) groups is 1. The van der Waals surface area contributed by atoms with Gasteiger partial charge in [0, 0.05) is 36.2 Å². The molecule has 2 nitrogen and oxygen atoms in total. The Morgan fingerprint density at radius 3 is 3.12 bits per heavy atom. The Bertz CT molecular complexity index is 387. The summed E-state index contributed by atoms with van der Waals surface area (Å²) >= 11 is 13.9. The Hall–Kier alpha value is -0.120. The molecular formula is C12H16Cl2N2S. The van der Waals surface area contributed by atoms with Crippen LogP contribution < -0.4 is 4.90 Å². The Balaban J connectivity index is 2.16. The second kappa shape index (κ2) is 6.17. The van der Waals surface area contributed by atoms with Crippen LogP contribution in [0.3, 0.4) is 0 Å². The minimum atomic E-state index is 0.439. The molecule has 0 amide bonds. The fraction of sp³-hybridized carbons (Fsp3) is 0.583. The van der Waals surface area contributed by atoms with E-state index in [2.05, 4.69) is 28.6 Å². The summed E-state index contributed by atoms with van der Waals surface area (Å²) in [7, 11) is 0. The molecule has 1 fully saturated rings. The molecule has 0 radical (unpaired) electrons. The van der Waals surface area contributed by atoms with Crippen molar-refractivity contribution in [2.75, 3.05) is 23.7 Å². The third kappa shape index (κ3) is 3.21. The molecule has 1 atom stereocenters. The van der Waals surface area contributed by atoms with Gasteiger partial charge in [0.15, 0.2) is 0 Å². The average Bonchev–Trinajstić information content (AvgIpc) is 2.39. The molecule has 1 aromatic rings. The number of aromatic nitrogens is 1. The van der Waals surface area contributed by atoms with Gasteiger partial charge in [-0.2, -0.15) is 11.8 Å². The lowest BCUT2D eigenvalue weighted by atomic mass is 10.2. The number of pyridine rings is 1. The van der Waals surface area contributed by atoms with Gasteiger partial charge in [0.1, 0.15) is 5.82 Å². The molecule has 0 saturated carbocycles. The summed E-state index contributed by atoms with van der Waals surface area (Å²) in [5.41, 5.74) is 0.963. The second-order valence-corrected chi connectivity index (χ2v) is 6.20. The number of alkyl halides is 1.